The van der Waals surface area contributed by atoms with Crippen LogP contribution < -0.4 is 9.47 Å². The molecule has 0 aliphatic heterocycles. The highest BCUT2D eigenvalue weighted by Gasteiger charge is 2.23. The average Bonchev–Trinajstić information content (AvgIpc) is 3.13. The molecule has 3 rings (SSSR count). The van der Waals surface area contributed by atoms with E-state index < -0.39 is 5.97 Å². The van der Waals surface area contributed by atoms with Crippen LogP contribution in [0.15, 0.2) is 46.9 Å². The first-order valence-corrected chi connectivity index (χ1v) is 10.3. The topological polar surface area (TPSA) is 61.1 Å². The van der Waals surface area contributed by atoms with Gasteiger partial charge in [-0.1, -0.05) is 31.2 Å². The predicted molar refractivity (Wildman–Crippen MR) is 116 cm³/mol. The van der Waals surface area contributed by atoms with Gasteiger partial charge in [-0.2, -0.15) is 0 Å². The Morgan fingerprint density at radius 3 is 2.50 bits per heavy atom. The highest BCUT2D eigenvalue weighted by atomic mass is 16.5. The van der Waals surface area contributed by atoms with Crippen LogP contribution in [-0.4, -0.2) is 37.7 Å². The molecule has 3 aromatic rings. The third-order valence-corrected chi connectivity index (χ3v) is 4.92. The number of benzene rings is 2. The maximum atomic E-state index is 12.5. The van der Waals surface area contributed by atoms with Gasteiger partial charge in [-0.05, 0) is 44.2 Å². The van der Waals surface area contributed by atoms with E-state index >= 15 is 0 Å². The Labute approximate surface area is 177 Å². The van der Waals surface area contributed by atoms with Gasteiger partial charge in [0.2, 0.25) is 5.76 Å². The van der Waals surface area contributed by atoms with Gasteiger partial charge >= 0.3 is 5.97 Å². The van der Waals surface area contributed by atoms with Gasteiger partial charge in [-0.15, -0.1) is 0 Å². The number of para-hydroxylation sites is 1. The number of carbonyl (C=O) groups is 1. The van der Waals surface area contributed by atoms with E-state index in [1.807, 2.05) is 49.4 Å². The summed E-state index contributed by atoms with van der Waals surface area (Å²) in [6.45, 7) is 8.79. The van der Waals surface area contributed by atoms with Crippen LogP contribution in [0.5, 0.6) is 11.5 Å². The number of methoxy groups -OCH3 is 1. The van der Waals surface area contributed by atoms with Crippen LogP contribution >= 0.6 is 0 Å². The van der Waals surface area contributed by atoms with Crippen LogP contribution in [0.2, 0.25) is 0 Å². The number of esters is 1. The predicted octanol–water partition coefficient (Wildman–Crippen LogP) is 5.04. The molecule has 2 aromatic carbocycles. The standard InChI is InChI=1S/C24H29NO5/c1-5-25(15-17-12-13-21(28-6-2)22(14-17)27-4)16-19-18-10-8-9-11-20(18)30-23(19)24(26)29-7-3/h8-14H,5-7,15-16H2,1-4H3. The number of fused-ring (bicyclic) bond motifs is 1. The highest BCUT2D eigenvalue weighted by molar-refractivity contribution is 5.96. The Morgan fingerprint density at radius 2 is 1.80 bits per heavy atom. The van der Waals surface area contributed by atoms with Crippen molar-refractivity contribution in [1.82, 2.24) is 4.90 Å². The zero-order chi connectivity index (χ0) is 21.5. The van der Waals surface area contributed by atoms with Crippen molar-refractivity contribution in [3.8, 4) is 11.5 Å². The summed E-state index contributed by atoms with van der Waals surface area (Å²) in [5.74, 6) is 1.30. The Kier molecular flexibility index (Phi) is 7.36. The third-order valence-electron chi connectivity index (χ3n) is 4.92. The molecule has 6 nitrogen and oxygen atoms in total. The highest BCUT2D eigenvalue weighted by Crippen LogP contribution is 2.30. The summed E-state index contributed by atoms with van der Waals surface area (Å²) in [5.41, 5.74) is 2.64. The number of furan rings is 1. The van der Waals surface area contributed by atoms with E-state index in [2.05, 4.69) is 11.8 Å². The van der Waals surface area contributed by atoms with Gasteiger partial charge in [0, 0.05) is 24.0 Å². The van der Waals surface area contributed by atoms with Crippen molar-refractivity contribution in [3.05, 3.63) is 59.4 Å². The van der Waals surface area contributed by atoms with Crippen LogP contribution in [0.1, 0.15) is 42.5 Å². The van der Waals surface area contributed by atoms with E-state index in [4.69, 9.17) is 18.6 Å². The minimum Gasteiger partial charge on any atom is -0.493 e. The molecule has 0 fully saturated rings. The Morgan fingerprint density at radius 1 is 1.00 bits per heavy atom. The molecule has 0 spiro atoms. The number of ether oxygens (including phenoxy) is 3. The molecule has 0 unspecified atom stereocenters. The van der Waals surface area contributed by atoms with Gasteiger partial charge in [0.15, 0.2) is 11.5 Å². The van der Waals surface area contributed by atoms with E-state index in [0.717, 1.165) is 28.8 Å². The van der Waals surface area contributed by atoms with Crippen LogP contribution in [-0.2, 0) is 17.8 Å². The van der Waals surface area contributed by atoms with Gasteiger partial charge in [0.1, 0.15) is 5.58 Å². The monoisotopic (exact) mass is 411 g/mol. The molecule has 0 radical (unpaired) electrons. The number of rotatable bonds is 10. The lowest BCUT2D eigenvalue weighted by molar-refractivity contribution is 0.0489. The molecule has 0 aliphatic rings. The van der Waals surface area contributed by atoms with Crippen molar-refractivity contribution in [2.75, 3.05) is 26.9 Å². The Balaban J connectivity index is 1.88. The van der Waals surface area contributed by atoms with Crippen LogP contribution in [0.3, 0.4) is 0 Å². The molecule has 0 bridgehead atoms. The number of hydrogen-bond acceptors (Lipinski definition) is 6. The largest absolute Gasteiger partial charge is 0.493 e. The molecule has 160 valence electrons. The third kappa shape index (κ3) is 4.76. The molecule has 1 heterocycles. The maximum Gasteiger partial charge on any atom is 0.374 e. The zero-order valence-electron chi connectivity index (χ0n) is 18.1. The summed E-state index contributed by atoms with van der Waals surface area (Å²) in [5, 5.41) is 0.934. The van der Waals surface area contributed by atoms with Crippen LogP contribution in [0, 0.1) is 0 Å². The lowest BCUT2D eigenvalue weighted by Gasteiger charge is -2.21. The fourth-order valence-electron chi connectivity index (χ4n) is 3.46. The molecule has 6 heteroatoms. The van der Waals surface area contributed by atoms with Crippen molar-refractivity contribution < 1.29 is 23.4 Å². The van der Waals surface area contributed by atoms with Gasteiger partial charge < -0.3 is 18.6 Å². The van der Waals surface area contributed by atoms with E-state index in [-0.39, 0.29) is 5.76 Å². The molecule has 0 saturated heterocycles. The molecule has 0 aliphatic carbocycles. The molecule has 30 heavy (non-hydrogen) atoms. The Hall–Kier alpha value is -2.99. The van der Waals surface area contributed by atoms with Gasteiger partial charge in [0.25, 0.3) is 0 Å². The second kappa shape index (κ2) is 10.2. The first-order valence-electron chi connectivity index (χ1n) is 10.3. The van der Waals surface area contributed by atoms with Crippen molar-refractivity contribution in [2.45, 2.75) is 33.9 Å². The normalized spacial score (nSPS) is 11.1. The molecule has 0 atom stereocenters. The maximum absolute atomic E-state index is 12.5. The SMILES string of the molecule is CCOC(=O)c1oc2ccccc2c1CN(CC)Cc1ccc(OCC)c(OC)c1. The summed E-state index contributed by atoms with van der Waals surface area (Å²) >= 11 is 0. The van der Waals surface area contributed by atoms with E-state index in [1.54, 1.807) is 14.0 Å². The Bertz CT molecular complexity index is 994. The fourth-order valence-corrected chi connectivity index (χ4v) is 3.46. The molecule has 0 amide bonds. The minimum absolute atomic E-state index is 0.278. The minimum atomic E-state index is -0.428. The molecule has 1 aromatic heterocycles. The van der Waals surface area contributed by atoms with Crippen LogP contribution in [0.25, 0.3) is 11.0 Å². The fraction of sp³-hybridized carbons (Fsp3) is 0.375. The average molecular weight is 411 g/mol. The van der Waals surface area contributed by atoms with Crippen molar-refractivity contribution in [3.63, 3.8) is 0 Å². The van der Waals surface area contributed by atoms with Crippen molar-refractivity contribution in [2.24, 2.45) is 0 Å². The summed E-state index contributed by atoms with van der Waals surface area (Å²) in [4.78, 5) is 14.7. The van der Waals surface area contributed by atoms with Crippen molar-refractivity contribution in [1.29, 1.82) is 0 Å². The second-order valence-corrected chi connectivity index (χ2v) is 6.85. The summed E-state index contributed by atoms with van der Waals surface area (Å²) in [6.07, 6.45) is 0. The second-order valence-electron chi connectivity index (χ2n) is 6.85. The van der Waals surface area contributed by atoms with E-state index in [0.29, 0.717) is 37.6 Å². The van der Waals surface area contributed by atoms with Gasteiger partial charge in [-0.3, -0.25) is 4.90 Å². The summed E-state index contributed by atoms with van der Waals surface area (Å²) in [7, 11) is 1.64. The first-order chi connectivity index (χ1) is 14.6. The smallest absolute Gasteiger partial charge is 0.374 e. The number of carbonyl (C=O) groups excluding carboxylic acids is 1. The van der Waals surface area contributed by atoms with E-state index in [1.165, 1.54) is 0 Å². The van der Waals surface area contributed by atoms with E-state index in [9.17, 15) is 4.79 Å². The molecule has 0 N–H and O–H groups in total. The van der Waals surface area contributed by atoms with Gasteiger partial charge in [-0.25, -0.2) is 4.79 Å². The van der Waals surface area contributed by atoms with Crippen LogP contribution in [0.4, 0.5) is 0 Å². The lowest BCUT2D eigenvalue weighted by atomic mass is 10.1. The molecule has 0 saturated carbocycles. The van der Waals surface area contributed by atoms with Gasteiger partial charge in [0.05, 0.1) is 20.3 Å². The quantitative estimate of drug-likeness (QED) is 0.436. The zero-order valence-corrected chi connectivity index (χ0v) is 18.1. The van der Waals surface area contributed by atoms with Crippen molar-refractivity contribution >= 4 is 16.9 Å². The lowest BCUT2D eigenvalue weighted by Crippen LogP contribution is -2.23. The number of hydrogen-bond donors (Lipinski definition) is 0. The number of nitrogens with zero attached hydrogens (tertiary/aromatic N) is 1. The molecular formula is C24H29NO5. The summed E-state index contributed by atoms with van der Waals surface area (Å²) < 4.78 is 22.2. The summed E-state index contributed by atoms with van der Waals surface area (Å²) in [6, 6.07) is 13.7. The first kappa shape index (κ1) is 21.7. The molecular weight excluding hydrogens is 382 g/mol.